The molecule has 0 aliphatic heterocycles. The first-order chi connectivity index (χ1) is 13.0. The number of halogens is 2. The lowest BCUT2D eigenvalue weighted by Gasteiger charge is -2.18. The lowest BCUT2D eigenvalue weighted by atomic mass is 10.3. The maximum absolute atomic E-state index is 13.7. The van der Waals surface area contributed by atoms with Gasteiger partial charge >= 0.3 is 0 Å². The molecule has 2 N–H and O–H groups in total. The van der Waals surface area contributed by atoms with E-state index in [-0.39, 0.29) is 48.3 Å². The molecule has 0 spiro atoms. The molecule has 1 aromatic heterocycles. The lowest BCUT2D eigenvalue weighted by Crippen LogP contribution is -2.42. The summed E-state index contributed by atoms with van der Waals surface area (Å²) >= 11 is 1.64. The normalized spacial score (nSPS) is 11.9. The van der Waals surface area contributed by atoms with Gasteiger partial charge in [-0.1, -0.05) is 18.2 Å². The van der Waals surface area contributed by atoms with Gasteiger partial charge in [0.1, 0.15) is 12.6 Å². The molecule has 0 aliphatic carbocycles. The van der Waals surface area contributed by atoms with Crippen molar-refractivity contribution >= 4 is 47.2 Å². The van der Waals surface area contributed by atoms with Crippen LogP contribution in [-0.2, 0) is 11.3 Å². The Kier molecular flexibility index (Phi) is 10.8. The Hall–Kier alpha value is -1.88. The Morgan fingerprint density at radius 2 is 2.00 bits per heavy atom. The first-order valence-electron chi connectivity index (χ1n) is 8.61. The number of thiophene rings is 1. The maximum Gasteiger partial charge on any atom is 0.243 e. The average molecular weight is 520 g/mol. The van der Waals surface area contributed by atoms with Crippen molar-refractivity contribution in [3.63, 3.8) is 0 Å². The zero-order valence-electron chi connectivity index (χ0n) is 16.1. The summed E-state index contributed by atoms with van der Waals surface area (Å²) in [5.74, 6) is 0.218. The van der Waals surface area contributed by atoms with Gasteiger partial charge in [-0.25, -0.2) is 9.38 Å². The highest BCUT2D eigenvalue weighted by Crippen LogP contribution is 2.16. The van der Waals surface area contributed by atoms with Crippen LogP contribution < -0.4 is 15.4 Å². The Morgan fingerprint density at radius 1 is 1.25 bits per heavy atom. The Morgan fingerprint density at radius 3 is 2.64 bits per heavy atom. The molecule has 0 bridgehead atoms. The highest BCUT2D eigenvalue weighted by Gasteiger charge is 2.10. The van der Waals surface area contributed by atoms with Crippen molar-refractivity contribution in [2.24, 2.45) is 4.99 Å². The van der Waals surface area contributed by atoms with Crippen LogP contribution in [0.3, 0.4) is 0 Å². The fraction of sp³-hybridized carbons (Fsp3) is 0.368. The third-order valence-electron chi connectivity index (χ3n) is 3.60. The highest BCUT2D eigenvalue weighted by molar-refractivity contribution is 14.0. The maximum atomic E-state index is 13.7. The van der Waals surface area contributed by atoms with Gasteiger partial charge in [-0.2, -0.15) is 0 Å². The van der Waals surface area contributed by atoms with Crippen molar-refractivity contribution in [3.05, 3.63) is 52.5 Å². The molecule has 9 heteroatoms. The first-order valence-corrected chi connectivity index (χ1v) is 9.49. The molecule has 2 rings (SSSR count). The van der Waals surface area contributed by atoms with E-state index in [4.69, 9.17) is 4.74 Å². The van der Waals surface area contributed by atoms with Crippen LogP contribution in [0.1, 0.15) is 11.8 Å². The number of rotatable bonds is 8. The Bertz CT molecular complexity index is 756. The second kappa shape index (κ2) is 12.6. The standard InChI is InChI=1S/C19H25FN4O2S.HI/c1-14(26-17-9-5-4-8-16(17)20)11-21-19(23-13-18(25)24(2)3)22-12-15-7-6-10-27-15;/h4-10,14H,11-13H2,1-3H3,(H2,21,22,23);1H. The largest absolute Gasteiger partial charge is 0.486 e. The third kappa shape index (κ3) is 8.42. The highest BCUT2D eigenvalue weighted by atomic mass is 127. The van der Waals surface area contributed by atoms with Gasteiger partial charge in [-0.15, -0.1) is 35.3 Å². The molecule has 1 atom stereocenters. The topological polar surface area (TPSA) is 66.0 Å². The van der Waals surface area contributed by atoms with E-state index in [1.165, 1.54) is 11.0 Å². The zero-order chi connectivity index (χ0) is 19.6. The van der Waals surface area contributed by atoms with E-state index in [1.54, 1.807) is 43.6 Å². The minimum atomic E-state index is -0.398. The van der Waals surface area contributed by atoms with Crippen LogP contribution in [0.15, 0.2) is 46.8 Å². The van der Waals surface area contributed by atoms with Crippen LogP contribution in [0.4, 0.5) is 4.39 Å². The predicted molar refractivity (Wildman–Crippen MR) is 122 cm³/mol. The van der Waals surface area contributed by atoms with Gasteiger partial charge < -0.3 is 20.3 Å². The number of para-hydroxylation sites is 1. The molecule has 6 nitrogen and oxygen atoms in total. The average Bonchev–Trinajstić information content (AvgIpc) is 3.16. The van der Waals surface area contributed by atoms with E-state index in [0.29, 0.717) is 19.0 Å². The van der Waals surface area contributed by atoms with Crippen LogP contribution in [0.25, 0.3) is 0 Å². The first kappa shape index (κ1) is 24.2. The number of likely N-dealkylation sites (N-methyl/N-ethyl adjacent to an activating group) is 1. The number of amides is 1. The molecule has 28 heavy (non-hydrogen) atoms. The van der Waals surface area contributed by atoms with E-state index in [1.807, 2.05) is 24.4 Å². The number of hydrogen-bond acceptors (Lipinski definition) is 4. The third-order valence-corrected chi connectivity index (χ3v) is 4.48. The molecule has 1 amide bonds. The number of carbonyl (C=O) groups is 1. The number of nitrogens with one attached hydrogen (secondary N) is 2. The number of aliphatic imine (C=N–C) groups is 1. The molecule has 1 aromatic carbocycles. The molecule has 154 valence electrons. The van der Waals surface area contributed by atoms with Crippen molar-refractivity contribution in [2.75, 3.05) is 27.2 Å². The van der Waals surface area contributed by atoms with Crippen molar-refractivity contribution in [3.8, 4) is 5.75 Å². The van der Waals surface area contributed by atoms with Gasteiger partial charge in [0, 0.05) is 19.0 Å². The molecule has 1 heterocycles. The zero-order valence-corrected chi connectivity index (χ0v) is 19.3. The van der Waals surface area contributed by atoms with Crippen molar-refractivity contribution in [2.45, 2.75) is 19.6 Å². The molecule has 0 saturated heterocycles. The van der Waals surface area contributed by atoms with E-state index < -0.39 is 5.82 Å². The van der Waals surface area contributed by atoms with E-state index >= 15 is 0 Å². The van der Waals surface area contributed by atoms with Crippen LogP contribution in [0.5, 0.6) is 5.75 Å². The van der Waals surface area contributed by atoms with Crippen LogP contribution in [0, 0.1) is 5.82 Å². The minimum Gasteiger partial charge on any atom is -0.486 e. The molecular formula is C19H26FIN4O2S. The number of ether oxygens (including phenoxy) is 1. The van der Waals surface area contributed by atoms with Gasteiger partial charge in [-0.3, -0.25) is 4.79 Å². The molecule has 2 aromatic rings. The number of benzene rings is 1. The van der Waals surface area contributed by atoms with Crippen LogP contribution in [0.2, 0.25) is 0 Å². The van der Waals surface area contributed by atoms with Crippen molar-refractivity contribution < 1.29 is 13.9 Å². The molecule has 0 aliphatic rings. The summed E-state index contributed by atoms with van der Waals surface area (Å²) in [6.45, 7) is 2.87. The summed E-state index contributed by atoms with van der Waals surface area (Å²) in [6, 6.07) is 10.3. The van der Waals surface area contributed by atoms with Gasteiger partial charge in [0.15, 0.2) is 17.5 Å². The fourth-order valence-corrected chi connectivity index (χ4v) is 2.73. The summed E-state index contributed by atoms with van der Waals surface area (Å²) in [4.78, 5) is 18.8. The fourth-order valence-electron chi connectivity index (χ4n) is 2.09. The molecule has 0 fully saturated rings. The van der Waals surface area contributed by atoms with Gasteiger partial charge in [0.2, 0.25) is 5.91 Å². The summed E-state index contributed by atoms with van der Waals surface area (Å²) < 4.78 is 19.3. The van der Waals surface area contributed by atoms with Gasteiger partial charge in [-0.05, 0) is 30.5 Å². The van der Waals surface area contributed by atoms with E-state index in [2.05, 4.69) is 15.6 Å². The summed E-state index contributed by atoms with van der Waals surface area (Å²) in [6.07, 6.45) is -0.291. The van der Waals surface area contributed by atoms with Crippen molar-refractivity contribution in [1.82, 2.24) is 15.5 Å². The SMILES string of the molecule is CC(CNC(=NCC(=O)N(C)C)NCc1cccs1)Oc1ccccc1F.I. The molecule has 0 saturated carbocycles. The summed E-state index contributed by atoms with van der Waals surface area (Å²) in [5, 5.41) is 8.34. The quantitative estimate of drug-likeness (QED) is 0.319. The number of hydrogen-bond donors (Lipinski definition) is 2. The lowest BCUT2D eigenvalue weighted by molar-refractivity contribution is -0.127. The Labute approximate surface area is 186 Å². The smallest absolute Gasteiger partial charge is 0.243 e. The summed E-state index contributed by atoms with van der Waals surface area (Å²) in [7, 11) is 3.38. The monoisotopic (exact) mass is 520 g/mol. The predicted octanol–water partition coefficient (Wildman–Crippen LogP) is 3.10. The van der Waals surface area contributed by atoms with Gasteiger partial charge in [0.05, 0.1) is 13.1 Å². The van der Waals surface area contributed by atoms with E-state index in [9.17, 15) is 9.18 Å². The van der Waals surface area contributed by atoms with Crippen LogP contribution in [-0.4, -0.2) is 50.1 Å². The minimum absolute atomic E-state index is 0. The number of carbonyl (C=O) groups excluding carboxylic acids is 1. The summed E-state index contributed by atoms with van der Waals surface area (Å²) in [5.41, 5.74) is 0. The number of nitrogens with zero attached hydrogens (tertiary/aromatic N) is 2. The van der Waals surface area contributed by atoms with Gasteiger partial charge in [0.25, 0.3) is 0 Å². The van der Waals surface area contributed by atoms with Crippen LogP contribution >= 0.6 is 35.3 Å². The number of guanidine groups is 1. The Balaban J connectivity index is 0.00000392. The van der Waals surface area contributed by atoms with E-state index in [0.717, 1.165) is 4.88 Å². The molecule has 0 radical (unpaired) electrons. The molecule has 1 unspecified atom stereocenters. The molecular weight excluding hydrogens is 494 g/mol. The second-order valence-corrected chi connectivity index (χ2v) is 7.16. The second-order valence-electron chi connectivity index (χ2n) is 6.13. The van der Waals surface area contributed by atoms with Crippen molar-refractivity contribution in [1.29, 1.82) is 0 Å².